The average molecular weight is 306 g/mol. The van der Waals surface area contributed by atoms with Crippen LogP contribution in [0.1, 0.15) is 18.4 Å². The fourth-order valence-electron chi connectivity index (χ4n) is 4.05. The molecule has 0 N–H and O–H groups in total. The number of hydrogen-bond acceptors (Lipinski definition) is 5. The van der Waals surface area contributed by atoms with Crippen LogP contribution in [0.4, 0.5) is 0 Å². The molecule has 6 heteroatoms. The Kier molecular flexibility index (Phi) is 4.17. The Hall–Kier alpha value is -0.950. The van der Waals surface area contributed by atoms with E-state index in [4.69, 9.17) is 9.47 Å². The molecular weight excluding hydrogens is 280 g/mol. The van der Waals surface area contributed by atoms with Gasteiger partial charge in [0.25, 0.3) is 0 Å². The molecular formula is C16H26N4O2. The monoisotopic (exact) mass is 306 g/mol. The number of rotatable bonds is 4. The summed E-state index contributed by atoms with van der Waals surface area (Å²) in [7, 11) is 1.97. The third kappa shape index (κ3) is 3.06. The molecule has 22 heavy (non-hydrogen) atoms. The molecule has 1 aromatic rings. The fraction of sp³-hybridized carbons (Fsp3) is 0.812. The smallest absolute Gasteiger partial charge is 0.0870 e. The molecule has 1 aromatic heterocycles. The first-order valence-electron chi connectivity index (χ1n) is 8.45. The van der Waals surface area contributed by atoms with Crippen LogP contribution < -0.4 is 0 Å². The van der Waals surface area contributed by atoms with E-state index in [1.165, 1.54) is 18.4 Å². The SMILES string of the molecule is Cn1cc(CN2C[C@@H]3OCCN(CC4CCCO4)[C@@H]3C2)cn1. The quantitative estimate of drug-likeness (QED) is 0.810. The number of hydrogen-bond donors (Lipinski definition) is 0. The topological polar surface area (TPSA) is 42.8 Å². The molecule has 0 aliphatic carbocycles. The molecule has 0 radical (unpaired) electrons. The number of aromatic nitrogens is 2. The number of morpholine rings is 1. The van der Waals surface area contributed by atoms with Gasteiger partial charge in [-0.1, -0.05) is 0 Å². The zero-order chi connectivity index (χ0) is 14.9. The van der Waals surface area contributed by atoms with E-state index in [0.717, 1.165) is 45.9 Å². The molecule has 3 atom stereocenters. The molecule has 6 nitrogen and oxygen atoms in total. The first kappa shape index (κ1) is 14.6. The van der Waals surface area contributed by atoms with Crippen molar-refractivity contribution in [3.63, 3.8) is 0 Å². The van der Waals surface area contributed by atoms with Crippen LogP contribution in [0.3, 0.4) is 0 Å². The molecule has 0 spiro atoms. The maximum Gasteiger partial charge on any atom is 0.0870 e. The van der Waals surface area contributed by atoms with Crippen molar-refractivity contribution in [3.05, 3.63) is 18.0 Å². The highest BCUT2D eigenvalue weighted by Crippen LogP contribution is 2.26. The molecule has 0 bridgehead atoms. The summed E-state index contributed by atoms with van der Waals surface area (Å²) in [5.74, 6) is 0. The van der Waals surface area contributed by atoms with Gasteiger partial charge in [0, 0.05) is 64.2 Å². The van der Waals surface area contributed by atoms with Gasteiger partial charge in [0.1, 0.15) is 0 Å². The maximum atomic E-state index is 6.02. The first-order valence-corrected chi connectivity index (χ1v) is 8.45. The molecule has 0 aromatic carbocycles. The summed E-state index contributed by atoms with van der Waals surface area (Å²) in [6.07, 6.45) is 7.29. The van der Waals surface area contributed by atoms with Crippen LogP contribution in [0.15, 0.2) is 12.4 Å². The van der Waals surface area contributed by atoms with Crippen LogP contribution >= 0.6 is 0 Å². The van der Waals surface area contributed by atoms with Crippen LogP contribution in [0, 0.1) is 0 Å². The van der Waals surface area contributed by atoms with Gasteiger partial charge in [-0.2, -0.15) is 5.10 Å². The number of fused-ring (bicyclic) bond motifs is 1. The molecule has 3 fully saturated rings. The van der Waals surface area contributed by atoms with Crippen LogP contribution in [0.5, 0.6) is 0 Å². The van der Waals surface area contributed by atoms with E-state index in [1.54, 1.807) is 0 Å². The van der Waals surface area contributed by atoms with Gasteiger partial charge in [0.2, 0.25) is 0 Å². The van der Waals surface area contributed by atoms with E-state index in [0.29, 0.717) is 18.2 Å². The second-order valence-corrected chi connectivity index (χ2v) is 6.82. The molecule has 1 unspecified atom stereocenters. The molecule has 122 valence electrons. The Bertz CT molecular complexity index is 500. The third-order valence-electron chi connectivity index (χ3n) is 5.12. The molecule has 3 aliphatic rings. The predicted octanol–water partition coefficient (Wildman–Crippen LogP) is 0.484. The van der Waals surface area contributed by atoms with Gasteiger partial charge < -0.3 is 9.47 Å². The van der Waals surface area contributed by atoms with Crippen molar-refractivity contribution in [1.82, 2.24) is 19.6 Å². The number of likely N-dealkylation sites (tertiary alicyclic amines) is 1. The number of aryl methyl sites for hydroxylation is 1. The third-order valence-corrected chi connectivity index (χ3v) is 5.12. The molecule has 3 aliphatic heterocycles. The number of nitrogens with zero attached hydrogens (tertiary/aromatic N) is 4. The Balaban J connectivity index is 1.37. The van der Waals surface area contributed by atoms with Crippen LogP contribution in [-0.4, -0.2) is 77.2 Å². The minimum Gasteiger partial charge on any atom is -0.377 e. The van der Waals surface area contributed by atoms with Crippen molar-refractivity contribution in [3.8, 4) is 0 Å². The van der Waals surface area contributed by atoms with E-state index >= 15 is 0 Å². The maximum absolute atomic E-state index is 6.02. The number of ether oxygens (including phenoxy) is 2. The lowest BCUT2D eigenvalue weighted by atomic mass is 10.1. The van der Waals surface area contributed by atoms with E-state index in [2.05, 4.69) is 21.1 Å². The summed E-state index contributed by atoms with van der Waals surface area (Å²) < 4.78 is 13.7. The largest absolute Gasteiger partial charge is 0.377 e. The molecule has 3 saturated heterocycles. The standard InChI is InChI=1S/C16H26N4O2/c1-18-8-13(7-17-18)9-19-11-15-16(12-19)22-6-4-20(15)10-14-3-2-5-21-14/h7-8,14-16H,2-6,9-12H2,1H3/t14?,15-,16+/m1/s1. The summed E-state index contributed by atoms with van der Waals surface area (Å²) >= 11 is 0. The minimum absolute atomic E-state index is 0.354. The van der Waals surface area contributed by atoms with Crippen molar-refractivity contribution < 1.29 is 9.47 Å². The van der Waals surface area contributed by atoms with Gasteiger partial charge in [0.05, 0.1) is 25.0 Å². The fourth-order valence-corrected chi connectivity index (χ4v) is 4.05. The van der Waals surface area contributed by atoms with Crippen LogP contribution in [-0.2, 0) is 23.1 Å². The van der Waals surface area contributed by atoms with Gasteiger partial charge in [-0.05, 0) is 12.8 Å². The van der Waals surface area contributed by atoms with E-state index in [1.807, 2.05) is 17.9 Å². The van der Waals surface area contributed by atoms with E-state index in [-0.39, 0.29) is 0 Å². The highest BCUT2D eigenvalue weighted by molar-refractivity contribution is 5.05. The van der Waals surface area contributed by atoms with Gasteiger partial charge in [-0.25, -0.2) is 0 Å². The predicted molar refractivity (Wildman–Crippen MR) is 82.6 cm³/mol. The van der Waals surface area contributed by atoms with Gasteiger partial charge >= 0.3 is 0 Å². The lowest BCUT2D eigenvalue weighted by Gasteiger charge is -2.38. The highest BCUT2D eigenvalue weighted by atomic mass is 16.5. The second kappa shape index (κ2) is 6.28. The molecule has 4 rings (SSSR count). The van der Waals surface area contributed by atoms with E-state index in [9.17, 15) is 0 Å². The summed E-state index contributed by atoms with van der Waals surface area (Å²) in [5.41, 5.74) is 1.28. The van der Waals surface area contributed by atoms with Gasteiger partial charge in [0.15, 0.2) is 0 Å². The van der Waals surface area contributed by atoms with Gasteiger partial charge in [-0.3, -0.25) is 14.5 Å². The molecule has 4 heterocycles. The summed E-state index contributed by atoms with van der Waals surface area (Å²) in [6.45, 7) is 7.00. The van der Waals surface area contributed by atoms with Crippen molar-refractivity contribution >= 4 is 0 Å². The minimum atomic E-state index is 0.354. The summed E-state index contributed by atoms with van der Waals surface area (Å²) in [5, 5.41) is 4.26. The van der Waals surface area contributed by atoms with Crippen LogP contribution in [0.25, 0.3) is 0 Å². The Morgan fingerprint density at radius 3 is 3.00 bits per heavy atom. The lowest BCUT2D eigenvalue weighted by molar-refractivity contribution is -0.0615. The van der Waals surface area contributed by atoms with Crippen LogP contribution in [0.2, 0.25) is 0 Å². The normalized spacial score (nSPS) is 33.4. The Morgan fingerprint density at radius 2 is 2.23 bits per heavy atom. The Labute approximate surface area is 132 Å². The van der Waals surface area contributed by atoms with Crippen molar-refractivity contribution in [2.45, 2.75) is 37.6 Å². The van der Waals surface area contributed by atoms with Crippen molar-refractivity contribution in [1.29, 1.82) is 0 Å². The zero-order valence-corrected chi connectivity index (χ0v) is 13.4. The van der Waals surface area contributed by atoms with E-state index < -0.39 is 0 Å². The first-order chi connectivity index (χ1) is 10.8. The van der Waals surface area contributed by atoms with Crippen molar-refractivity contribution in [2.75, 3.05) is 39.4 Å². The zero-order valence-electron chi connectivity index (χ0n) is 13.4. The Morgan fingerprint density at radius 1 is 1.27 bits per heavy atom. The lowest BCUT2D eigenvalue weighted by Crippen LogP contribution is -2.52. The van der Waals surface area contributed by atoms with Crippen molar-refractivity contribution in [2.24, 2.45) is 7.05 Å². The summed E-state index contributed by atoms with van der Waals surface area (Å²) in [4.78, 5) is 5.10. The molecule has 0 amide bonds. The second-order valence-electron chi connectivity index (χ2n) is 6.82. The molecule has 0 saturated carbocycles. The van der Waals surface area contributed by atoms with Gasteiger partial charge in [-0.15, -0.1) is 0 Å². The summed E-state index contributed by atoms with van der Waals surface area (Å²) in [6, 6.07) is 0.523. The average Bonchev–Trinajstić information content (AvgIpc) is 3.21. The highest BCUT2D eigenvalue weighted by Gasteiger charge is 2.40.